The van der Waals surface area contributed by atoms with Crippen LogP contribution in [-0.2, 0) is 11.2 Å². The number of aromatic carboxylic acids is 1. The smallest absolute Gasteiger partial charge is 0.339 e. The minimum absolute atomic E-state index is 0.141. The van der Waals surface area contributed by atoms with Gasteiger partial charge >= 0.3 is 11.9 Å². The lowest BCUT2D eigenvalue weighted by Crippen LogP contribution is -2.09. The summed E-state index contributed by atoms with van der Waals surface area (Å²) in [6, 6.07) is 10.5. The van der Waals surface area contributed by atoms with Crippen molar-refractivity contribution < 1.29 is 24.4 Å². The monoisotopic (exact) mass is 313 g/mol. The maximum Gasteiger partial charge on any atom is 0.339 e. The van der Waals surface area contributed by atoms with Crippen LogP contribution in [0.3, 0.4) is 0 Å². The normalized spacial score (nSPS) is 15.8. The van der Waals surface area contributed by atoms with E-state index in [4.69, 9.17) is 4.74 Å². The number of carboxylic acid groups (broad SMARTS) is 1. The minimum atomic E-state index is -1.26. The van der Waals surface area contributed by atoms with Crippen molar-refractivity contribution in [3.8, 4) is 0 Å². The van der Waals surface area contributed by atoms with E-state index in [2.05, 4.69) is 0 Å². The van der Waals surface area contributed by atoms with E-state index in [0.717, 1.165) is 6.07 Å². The Morgan fingerprint density at radius 2 is 2.00 bits per heavy atom. The largest absolute Gasteiger partial charge is 0.478 e. The molecule has 0 spiro atoms. The van der Waals surface area contributed by atoms with Gasteiger partial charge in [0.2, 0.25) is 0 Å². The van der Waals surface area contributed by atoms with Gasteiger partial charge in [-0.15, -0.1) is 0 Å². The van der Waals surface area contributed by atoms with Crippen LogP contribution in [0.5, 0.6) is 0 Å². The topological polar surface area (TPSA) is 107 Å². The van der Waals surface area contributed by atoms with E-state index in [0.29, 0.717) is 16.7 Å². The Morgan fingerprint density at radius 1 is 1.26 bits per heavy atom. The molecule has 3 rings (SSSR count). The van der Waals surface area contributed by atoms with Gasteiger partial charge in [0.05, 0.1) is 16.1 Å². The van der Waals surface area contributed by atoms with Crippen molar-refractivity contribution in [3.63, 3.8) is 0 Å². The number of rotatable bonds is 4. The van der Waals surface area contributed by atoms with E-state index in [-0.39, 0.29) is 17.7 Å². The molecule has 0 radical (unpaired) electrons. The van der Waals surface area contributed by atoms with Crippen LogP contribution in [0.2, 0.25) is 0 Å². The van der Waals surface area contributed by atoms with E-state index < -0.39 is 23.0 Å². The van der Waals surface area contributed by atoms with Crippen LogP contribution in [0.1, 0.15) is 37.9 Å². The first-order chi connectivity index (χ1) is 11.0. The zero-order valence-corrected chi connectivity index (χ0v) is 11.8. The van der Waals surface area contributed by atoms with Gasteiger partial charge in [-0.1, -0.05) is 24.3 Å². The molecule has 2 aromatic rings. The third-order valence-corrected chi connectivity index (χ3v) is 3.72. The molecule has 0 fully saturated rings. The van der Waals surface area contributed by atoms with Gasteiger partial charge < -0.3 is 9.84 Å². The number of nitrogens with zero attached hydrogens (tertiary/aromatic N) is 1. The van der Waals surface area contributed by atoms with E-state index >= 15 is 0 Å². The number of cyclic esters (lactones) is 1. The van der Waals surface area contributed by atoms with Crippen molar-refractivity contribution in [3.05, 3.63) is 74.8 Å². The predicted molar refractivity (Wildman–Crippen MR) is 78.4 cm³/mol. The third kappa shape index (κ3) is 2.64. The summed E-state index contributed by atoms with van der Waals surface area (Å²) in [4.78, 5) is 33.3. The number of carbonyl (C=O) groups is 2. The van der Waals surface area contributed by atoms with E-state index in [9.17, 15) is 24.8 Å². The number of hydrogen-bond donors (Lipinski definition) is 1. The highest BCUT2D eigenvalue weighted by Crippen LogP contribution is 2.34. The number of carbonyl (C=O) groups excluding carboxylic acids is 1. The molecule has 23 heavy (non-hydrogen) atoms. The summed E-state index contributed by atoms with van der Waals surface area (Å²) in [6.45, 7) is 0. The van der Waals surface area contributed by atoms with E-state index in [1.165, 1.54) is 12.1 Å². The molecule has 7 nitrogen and oxygen atoms in total. The summed E-state index contributed by atoms with van der Waals surface area (Å²) in [5, 5.41) is 20.0. The molecule has 2 aromatic carbocycles. The van der Waals surface area contributed by atoms with Crippen LogP contribution in [0, 0.1) is 10.1 Å². The molecule has 1 aliphatic rings. The zero-order chi connectivity index (χ0) is 16.6. The van der Waals surface area contributed by atoms with Crippen molar-refractivity contribution in [2.75, 3.05) is 0 Å². The number of hydrogen-bond acceptors (Lipinski definition) is 5. The maximum absolute atomic E-state index is 11.8. The average Bonchev–Trinajstić information content (AvgIpc) is 2.84. The zero-order valence-electron chi connectivity index (χ0n) is 11.8. The molecule has 1 heterocycles. The summed E-state index contributed by atoms with van der Waals surface area (Å²) >= 11 is 0. The third-order valence-electron chi connectivity index (χ3n) is 3.72. The molecule has 0 saturated carbocycles. The van der Waals surface area contributed by atoms with Crippen LogP contribution in [-0.4, -0.2) is 22.0 Å². The fraction of sp³-hybridized carbons (Fsp3) is 0.125. The van der Waals surface area contributed by atoms with Gasteiger partial charge in [0.25, 0.3) is 5.69 Å². The number of fused-ring (bicyclic) bond motifs is 1. The Hall–Kier alpha value is -3.22. The molecule has 0 amide bonds. The standard InChI is InChI=1S/C16H11NO6/c18-15(19)13-8-10(17(21)22)6-5-9(13)7-14-11-3-1-2-4-12(11)16(20)23-14/h1-6,8,14H,7H2,(H,18,19). The lowest BCUT2D eigenvalue weighted by atomic mass is 9.96. The number of non-ortho nitro benzene ring substituents is 1. The molecule has 0 aliphatic carbocycles. The van der Waals surface area contributed by atoms with Gasteiger partial charge in [-0.3, -0.25) is 10.1 Å². The molecule has 1 aliphatic heterocycles. The fourth-order valence-electron chi connectivity index (χ4n) is 2.63. The highest BCUT2D eigenvalue weighted by molar-refractivity contribution is 5.94. The van der Waals surface area contributed by atoms with Crippen molar-refractivity contribution in [1.29, 1.82) is 0 Å². The first kappa shape index (κ1) is 14.7. The summed E-state index contributed by atoms with van der Waals surface area (Å²) in [7, 11) is 0. The number of benzene rings is 2. The van der Waals surface area contributed by atoms with Crippen LogP contribution >= 0.6 is 0 Å². The highest BCUT2D eigenvalue weighted by atomic mass is 16.6. The Morgan fingerprint density at radius 3 is 2.70 bits per heavy atom. The predicted octanol–water partition coefficient (Wildman–Crippen LogP) is 2.75. The van der Waals surface area contributed by atoms with Crippen LogP contribution in [0.15, 0.2) is 42.5 Å². The van der Waals surface area contributed by atoms with Gasteiger partial charge in [0, 0.05) is 24.1 Å². The van der Waals surface area contributed by atoms with Crippen molar-refractivity contribution in [2.24, 2.45) is 0 Å². The second-order valence-corrected chi connectivity index (χ2v) is 5.09. The highest BCUT2D eigenvalue weighted by Gasteiger charge is 2.31. The summed E-state index contributed by atoms with van der Waals surface area (Å²) < 4.78 is 5.28. The Kier molecular flexibility index (Phi) is 3.53. The number of esters is 1. The molecular formula is C16H11NO6. The molecule has 7 heteroatoms. The molecule has 0 aromatic heterocycles. The molecule has 1 unspecified atom stereocenters. The Bertz CT molecular complexity index is 829. The maximum atomic E-state index is 11.8. The molecule has 1 atom stereocenters. The quantitative estimate of drug-likeness (QED) is 0.528. The Balaban J connectivity index is 1.97. The minimum Gasteiger partial charge on any atom is -0.478 e. The Labute approximate surface area is 130 Å². The fourth-order valence-corrected chi connectivity index (χ4v) is 2.63. The van der Waals surface area contributed by atoms with Gasteiger partial charge in [0.1, 0.15) is 6.10 Å². The van der Waals surface area contributed by atoms with Crippen LogP contribution in [0.4, 0.5) is 5.69 Å². The number of nitro groups is 1. The summed E-state index contributed by atoms with van der Waals surface area (Å²) in [6.07, 6.45) is -0.458. The van der Waals surface area contributed by atoms with E-state index in [1.54, 1.807) is 24.3 Å². The molecule has 116 valence electrons. The molecular weight excluding hydrogens is 302 g/mol. The van der Waals surface area contributed by atoms with Gasteiger partial charge in [0.15, 0.2) is 0 Å². The number of carboxylic acids is 1. The van der Waals surface area contributed by atoms with Crippen molar-refractivity contribution in [1.82, 2.24) is 0 Å². The summed E-state index contributed by atoms with van der Waals surface area (Å²) in [5.74, 6) is -1.72. The van der Waals surface area contributed by atoms with Gasteiger partial charge in [-0.2, -0.15) is 0 Å². The molecule has 0 saturated heterocycles. The second kappa shape index (κ2) is 5.53. The first-order valence-electron chi connectivity index (χ1n) is 6.78. The lowest BCUT2D eigenvalue weighted by molar-refractivity contribution is -0.384. The first-order valence-corrected chi connectivity index (χ1v) is 6.78. The van der Waals surface area contributed by atoms with Crippen molar-refractivity contribution in [2.45, 2.75) is 12.5 Å². The van der Waals surface area contributed by atoms with E-state index in [1.807, 2.05) is 0 Å². The van der Waals surface area contributed by atoms with Crippen LogP contribution < -0.4 is 0 Å². The SMILES string of the molecule is O=C(O)c1cc([N+](=O)[O-])ccc1CC1OC(=O)c2ccccc21. The molecule has 1 N–H and O–H groups in total. The van der Waals surface area contributed by atoms with Gasteiger partial charge in [-0.05, 0) is 11.6 Å². The summed E-state index contributed by atoms with van der Waals surface area (Å²) in [5.41, 5.74) is 1.05. The average molecular weight is 313 g/mol. The number of ether oxygens (including phenoxy) is 1. The number of nitro benzene ring substituents is 1. The second-order valence-electron chi connectivity index (χ2n) is 5.09. The van der Waals surface area contributed by atoms with Crippen LogP contribution in [0.25, 0.3) is 0 Å². The van der Waals surface area contributed by atoms with Gasteiger partial charge in [-0.25, -0.2) is 9.59 Å². The lowest BCUT2D eigenvalue weighted by Gasteiger charge is -2.12. The molecule has 0 bridgehead atoms. The van der Waals surface area contributed by atoms with Crippen molar-refractivity contribution >= 4 is 17.6 Å².